The number of ether oxygens (including phenoxy) is 2. The molecule has 0 aliphatic carbocycles. The third kappa shape index (κ3) is 4.90. The Labute approximate surface area is 151 Å². The van der Waals surface area contributed by atoms with Crippen molar-refractivity contribution in [3.05, 3.63) is 59.3 Å². The number of rotatable bonds is 6. The van der Waals surface area contributed by atoms with Crippen LogP contribution in [0.5, 0.6) is 0 Å². The highest BCUT2D eigenvalue weighted by molar-refractivity contribution is 7.80. The predicted molar refractivity (Wildman–Crippen MR) is 97.5 cm³/mol. The molecular weight excluding hydrogens is 340 g/mol. The Kier molecular flexibility index (Phi) is 6.30. The molecule has 0 amide bonds. The fourth-order valence-electron chi connectivity index (χ4n) is 2.33. The fourth-order valence-corrected chi connectivity index (χ4v) is 2.60. The van der Waals surface area contributed by atoms with Crippen LogP contribution in [0.2, 0.25) is 0 Å². The summed E-state index contributed by atoms with van der Waals surface area (Å²) in [4.78, 5) is 23.8. The van der Waals surface area contributed by atoms with E-state index in [9.17, 15) is 9.59 Å². The Balaban J connectivity index is 2.06. The third-order valence-electron chi connectivity index (χ3n) is 3.52. The van der Waals surface area contributed by atoms with Gasteiger partial charge in [-0.2, -0.15) is 0 Å². The van der Waals surface area contributed by atoms with Crippen LogP contribution >= 0.6 is 12.2 Å². The first-order valence-corrected chi connectivity index (χ1v) is 8.14. The van der Waals surface area contributed by atoms with E-state index in [-0.39, 0.29) is 13.2 Å². The van der Waals surface area contributed by atoms with E-state index in [1.807, 2.05) is 30.3 Å². The van der Waals surface area contributed by atoms with Crippen molar-refractivity contribution in [2.24, 2.45) is 0 Å². The Morgan fingerprint density at radius 3 is 2.48 bits per heavy atom. The Morgan fingerprint density at radius 2 is 1.84 bits per heavy atom. The molecule has 1 unspecified atom stereocenters. The van der Waals surface area contributed by atoms with Crippen LogP contribution in [-0.4, -0.2) is 30.3 Å². The van der Waals surface area contributed by atoms with Gasteiger partial charge in [-0.15, -0.1) is 0 Å². The van der Waals surface area contributed by atoms with Gasteiger partial charge in [0.1, 0.15) is 13.2 Å². The topological polar surface area (TPSA) is 76.7 Å². The lowest BCUT2D eigenvalue weighted by Gasteiger charge is -2.29. The molecule has 1 aromatic carbocycles. The van der Waals surface area contributed by atoms with Crippen LogP contribution in [0.3, 0.4) is 0 Å². The van der Waals surface area contributed by atoms with Crippen molar-refractivity contribution >= 4 is 29.3 Å². The first kappa shape index (κ1) is 18.7. The molecule has 0 saturated heterocycles. The summed E-state index contributed by atoms with van der Waals surface area (Å²) in [6.07, 6.45) is 0. The van der Waals surface area contributed by atoms with Crippen molar-refractivity contribution in [3.63, 3.8) is 0 Å². The van der Waals surface area contributed by atoms with Gasteiger partial charge < -0.3 is 20.1 Å². The second-order valence-electron chi connectivity index (χ2n) is 5.53. The second kappa shape index (κ2) is 8.43. The van der Waals surface area contributed by atoms with Crippen LogP contribution in [0.25, 0.3) is 0 Å². The van der Waals surface area contributed by atoms with Gasteiger partial charge in [-0.25, -0.2) is 9.59 Å². The maximum Gasteiger partial charge on any atom is 0.338 e. The van der Waals surface area contributed by atoms with Crippen LogP contribution < -0.4 is 10.6 Å². The standard InChI is InChI=1S/C18H20N2O4S/c1-11(2)16(21)23-9-10-24-17(22)14-12(3)19-18(25)20-15(14)13-7-5-4-6-8-13/h4-8,15H,1,9-10H2,2-3H3,(H2,19,20,25). The van der Waals surface area contributed by atoms with E-state index in [0.29, 0.717) is 22.0 Å². The third-order valence-corrected chi connectivity index (χ3v) is 3.74. The lowest BCUT2D eigenvalue weighted by molar-refractivity contribution is -0.147. The number of hydrogen-bond donors (Lipinski definition) is 2. The van der Waals surface area contributed by atoms with Crippen LogP contribution in [0, 0.1) is 0 Å². The highest BCUT2D eigenvalue weighted by Gasteiger charge is 2.30. The summed E-state index contributed by atoms with van der Waals surface area (Å²) in [6, 6.07) is 9.07. The minimum absolute atomic E-state index is 0.0287. The van der Waals surface area contributed by atoms with Crippen molar-refractivity contribution in [1.82, 2.24) is 10.6 Å². The van der Waals surface area contributed by atoms with Gasteiger partial charge in [-0.1, -0.05) is 36.9 Å². The molecule has 1 aliphatic heterocycles. The minimum Gasteiger partial charge on any atom is -0.459 e. The summed E-state index contributed by atoms with van der Waals surface area (Å²) in [5.41, 5.74) is 2.25. The zero-order chi connectivity index (χ0) is 18.4. The van der Waals surface area contributed by atoms with Crippen LogP contribution in [0.15, 0.2) is 53.8 Å². The van der Waals surface area contributed by atoms with E-state index < -0.39 is 18.0 Å². The molecule has 0 fully saturated rings. The van der Waals surface area contributed by atoms with Gasteiger partial charge in [0.2, 0.25) is 0 Å². The molecule has 132 valence electrons. The number of esters is 2. The second-order valence-corrected chi connectivity index (χ2v) is 5.94. The zero-order valence-electron chi connectivity index (χ0n) is 14.1. The number of allylic oxidation sites excluding steroid dienone is 1. The molecule has 0 bridgehead atoms. The average Bonchev–Trinajstić information content (AvgIpc) is 2.58. The van der Waals surface area contributed by atoms with Crippen LogP contribution in [-0.2, 0) is 19.1 Å². The van der Waals surface area contributed by atoms with Gasteiger partial charge in [0, 0.05) is 11.3 Å². The molecule has 1 aliphatic rings. The minimum atomic E-state index is -0.514. The summed E-state index contributed by atoms with van der Waals surface area (Å²) in [5.74, 6) is -1.01. The summed E-state index contributed by atoms with van der Waals surface area (Å²) in [5, 5.41) is 6.46. The highest BCUT2D eigenvalue weighted by Crippen LogP contribution is 2.27. The summed E-state index contributed by atoms with van der Waals surface area (Å²) in [7, 11) is 0. The molecule has 1 heterocycles. The maximum absolute atomic E-state index is 12.5. The molecule has 7 heteroatoms. The van der Waals surface area contributed by atoms with Crippen LogP contribution in [0.1, 0.15) is 25.5 Å². The van der Waals surface area contributed by atoms with E-state index in [1.165, 1.54) is 0 Å². The van der Waals surface area contributed by atoms with Gasteiger partial charge >= 0.3 is 11.9 Å². The number of thiocarbonyl (C=S) groups is 1. The van der Waals surface area contributed by atoms with E-state index >= 15 is 0 Å². The van der Waals surface area contributed by atoms with Crippen molar-refractivity contribution in [2.45, 2.75) is 19.9 Å². The lowest BCUT2D eigenvalue weighted by atomic mass is 9.96. The smallest absolute Gasteiger partial charge is 0.338 e. The largest absolute Gasteiger partial charge is 0.459 e. The molecule has 2 N–H and O–H groups in total. The summed E-state index contributed by atoms with van der Waals surface area (Å²) >= 11 is 5.18. The van der Waals surface area contributed by atoms with E-state index in [0.717, 1.165) is 5.56 Å². The van der Waals surface area contributed by atoms with Crippen molar-refractivity contribution in [3.8, 4) is 0 Å². The number of benzene rings is 1. The highest BCUT2D eigenvalue weighted by atomic mass is 32.1. The normalized spacial score (nSPS) is 16.6. The summed E-state index contributed by atoms with van der Waals surface area (Å²) in [6.45, 7) is 6.73. The quantitative estimate of drug-likeness (QED) is 0.348. The fraction of sp³-hybridized carbons (Fsp3) is 0.278. The first-order chi connectivity index (χ1) is 11.9. The molecule has 2 rings (SSSR count). The van der Waals surface area contributed by atoms with Gasteiger partial charge in [0.25, 0.3) is 0 Å². The Hall–Kier alpha value is -2.67. The van der Waals surface area contributed by atoms with Crippen molar-refractivity contribution in [2.75, 3.05) is 13.2 Å². The van der Waals surface area contributed by atoms with E-state index in [2.05, 4.69) is 17.2 Å². The van der Waals surface area contributed by atoms with Crippen LogP contribution in [0.4, 0.5) is 0 Å². The molecule has 6 nitrogen and oxygen atoms in total. The van der Waals surface area contributed by atoms with E-state index in [4.69, 9.17) is 21.7 Å². The maximum atomic E-state index is 12.5. The average molecular weight is 360 g/mol. The number of carbonyl (C=O) groups is 2. The van der Waals surface area contributed by atoms with Gasteiger partial charge in [0.05, 0.1) is 11.6 Å². The monoisotopic (exact) mass is 360 g/mol. The van der Waals surface area contributed by atoms with Gasteiger partial charge in [-0.05, 0) is 31.6 Å². The zero-order valence-corrected chi connectivity index (χ0v) is 14.9. The lowest BCUT2D eigenvalue weighted by Crippen LogP contribution is -2.45. The summed E-state index contributed by atoms with van der Waals surface area (Å²) < 4.78 is 10.2. The molecule has 1 atom stereocenters. The predicted octanol–water partition coefficient (Wildman–Crippen LogP) is 2.14. The molecule has 0 aromatic heterocycles. The number of carbonyl (C=O) groups excluding carboxylic acids is 2. The molecular formula is C18H20N2O4S. The number of nitrogens with one attached hydrogen (secondary N) is 2. The van der Waals surface area contributed by atoms with Gasteiger partial charge in [0.15, 0.2) is 5.11 Å². The molecule has 1 aromatic rings. The first-order valence-electron chi connectivity index (χ1n) is 7.73. The molecule has 0 radical (unpaired) electrons. The van der Waals surface area contributed by atoms with Crippen molar-refractivity contribution in [1.29, 1.82) is 0 Å². The molecule has 25 heavy (non-hydrogen) atoms. The molecule has 0 spiro atoms. The SMILES string of the molecule is C=C(C)C(=O)OCCOC(=O)C1=C(C)NC(=S)NC1c1ccccc1. The number of hydrogen-bond acceptors (Lipinski definition) is 5. The Bertz CT molecular complexity index is 728. The molecule has 0 saturated carbocycles. The Morgan fingerprint density at radius 1 is 1.20 bits per heavy atom. The van der Waals surface area contributed by atoms with Crippen molar-refractivity contribution < 1.29 is 19.1 Å². The van der Waals surface area contributed by atoms with E-state index in [1.54, 1.807) is 13.8 Å². The van der Waals surface area contributed by atoms with Gasteiger partial charge in [-0.3, -0.25) is 0 Å².